The van der Waals surface area contributed by atoms with Gasteiger partial charge in [-0.3, -0.25) is 4.90 Å². The SMILES string of the molecule is CC(C)(C)OC(=O)N(CCN1CCCCC1)c1ccc(I)nn1. The molecule has 1 saturated heterocycles. The van der Waals surface area contributed by atoms with Gasteiger partial charge < -0.3 is 9.64 Å². The van der Waals surface area contributed by atoms with E-state index >= 15 is 0 Å². The minimum absolute atomic E-state index is 0.370. The van der Waals surface area contributed by atoms with Gasteiger partial charge in [0.05, 0.1) is 0 Å². The van der Waals surface area contributed by atoms with Crippen molar-refractivity contribution in [2.45, 2.75) is 45.6 Å². The number of hydrogen-bond donors (Lipinski definition) is 0. The summed E-state index contributed by atoms with van der Waals surface area (Å²) in [6.07, 6.45) is 3.39. The van der Waals surface area contributed by atoms with Crippen molar-refractivity contribution in [1.29, 1.82) is 0 Å². The van der Waals surface area contributed by atoms with Crippen LogP contribution in [0, 0.1) is 3.70 Å². The first-order valence-corrected chi connectivity index (χ1v) is 9.15. The Bertz CT molecular complexity index is 510. The minimum atomic E-state index is -0.531. The van der Waals surface area contributed by atoms with Gasteiger partial charge in [-0.1, -0.05) is 6.42 Å². The molecule has 2 heterocycles. The number of carbonyl (C=O) groups excluding carboxylic acids is 1. The highest BCUT2D eigenvalue weighted by Gasteiger charge is 2.25. The number of hydrogen-bond acceptors (Lipinski definition) is 5. The van der Waals surface area contributed by atoms with Crippen LogP contribution < -0.4 is 4.90 Å². The molecule has 2 rings (SSSR count). The summed E-state index contributed by atoms with van der Waals surface area (Å²) < 4.78 is 6.32. The standard InChI is InChI=1S/C16H25IN4O2/c1-16(2,3)23-15(22)21(14-8-7-13(17)18-19-14)12-11-20-9-5-4-6-10-20/h7-8H,4-6,9-12H2,1-3H3. The smallest absolute Gasteiger partial charge is 0.416 e. The van der Waals surface area contributed by atoms with Gasteiger partial charge in [0.2, 0.25) is 0 Å². The molecule has 1 aliphatic heterocycles. The van der Waals surface area contributed by atoms with Gasteiger partial charge in [0.25, 0.3) is 0 Å². The molecule has 1 aliphatic rings. The molecule has 6 nitrogen and oxygen atoms in total. The first-order valence-electron chi connectivity index (χ1n) is 8.07. The fourth-order valence-corrected chi connectivity index (χ4v) is 2.78. The highest BCUT2D eigenvalue weighted by molar-refractivity contribution is 14.1. The molecule has 128 valence electrons. The number of amides is 1. The van der Waals surface area contributed by atoms with E-state index in [0.29, 0.717) is 12.4 Å². The Kier molecular flexibility index (Phi) is 6.58. The van der Waals surface area contributed by atoms with Crippen molar-refractivity contribution in [3.05, 3.63) is 15.8 Å². The molecule has 0 aromatic carbocycles. The molecular formula is C16H25IN4O2. The van der Waals surface area contributed by atoms with Crippen LogP contribution in [0.25, 0.3) is 0 Å². The summed E-state index contributed by atoms with van der Waals surface area (Å²) in [4.78, 5) is 16.5. The van der Waals surface area contributed by atoms with Crippen LogP contribution in [0.5, 0.6) is 0 Å². The monoisotopic (exact) mass is 432 g/mol. The van der Waals surface area contributed by atoms with E-state index in [-0.39, 0.29) is 6.09 Å². The lowest BCUT2D eigenvalue weighted by atomic mass is 10.1. The van der Waals surface area contributed by atoms with Crippen molar-refractivity contribution in [2.24, 2.45) is 0 Å². The summed E-state index contributed by atoms with van der Waals surface area (Å²) in [6.45, 7) is 9.19. The molecule has 1 aromatic heterocycles. The molecular weight excluding hydrogens is 407 g/mol. The van der Waals surface area contributed by atoms with Crippen LogP contribution in [-0.2, 0) is 4.74 Å². The molecule has 7 heteroatoms. The van der Waals surface area contributed by atoms with Crippen molar-refractivity contribution in [3.8, 4) is 0 Å². The van der Waals surface area contributed by atoms with Gasteiger partial charge >= 0.3 is 6.09 Å². The highest BCUT2D eigenvalue weighted by atomic mass is 127. The number of aromatic nitrogens is 2. The molecule has 0 bridgehead atoms. The molecule has 0 N–H and O–H groups in total. The molecule has 0 radical (unpaired) electrons. The van der Waals surface area contributed by atoms with E-state index in [0.717, 1.165) is 23.3 Å². The predicted octanol–water partition coefficient (Wildman–Crippen LogP) is 3.31. The second kappa shape index (κ2) is 8.23. The molecule has 0 atom stereocenters. The maximum Gasteiger partial charge on any atom is 0.416 e. The number of piperidine rings is 1. The topological polar surface area (TPSA) is 58.6 Å². The Morgan fingerprint density at radius 3 is 2.52 bits per heavy atom. The van der Waals surface area contributed by atoms with Gasteiger partial charge in [0.1, 0.15) is 9.30 Å². The van der Waals surface area contributed by atoms with E-state index in [4.69, 9.17) is 4.74 Å². The normalized spacial score (nSPS) is 16.2. The van der Waals surface area contributed by atoms with E-state index in [2.05, 4.69) is 37.7 Å². The van der Waals surface area contributed by atoms with Gasteiger partial charge in [-0.05, 0) is 81.4 Å². The van der Waals surface area contributed by atoms with Gasteiger partial charge in [0, 0.05) is 13.1 Å². The zero-order valence-corrected chi connectivity index (χ0v) is 16.2. The first-order chi connectivity index (χ1) is 10.8. The molecule has 1 aromatic rings. The number of halogens is 1. The maximum atomic E-state index is 12.5. The number of nitrogens with zero attached hydrogens (tertiary/aromatic N) is 4. The van der Waals surface area contributed by atoms with Gasteiger partial charge in [0.15, 0.2) is 5.82 Å². The Balaban J connectivity index is 2.06. The average molecular weight is 432 g/mol. The Labute approximate surface area is 151 Å². The molecule has 23 heavy (non-hydrogen) atoms. The highest BCUT2D eigenvalue weighted by Crippen LogP contribution is 2.17. The van der Waals surface area contributed by atoms with Crippen molar-refractivity contribution in [3.63, 3.8) is 0 Å². The Hall–Kier alpha value is -0.960. The Morgan fingerprint density at radius 2 is 1.96 bits per heavy atom. The second-order valence-electron chi connectivity index (χ2n) is 6.75. The van der Waals surface area contributed by atoms with Gasteiger partial charge in [-0.25, -0.2) is 4.79 Å². The average Bonchev–Trinajstić information content (AvgIpc) is 2.48. The summed E-state index contributed by atoms with van der Waals surface area (Å²) in [5, 5.41) is 8.19. The van der Waals surface area contributed by atoms with E-state index in [1.807, 2.05) is 32.9 Å². The van der Waals surface area contributed by atoms with Crippen LogP contribution in [-0.4, -0.2) is 53.0 Å². The fraction of sp³-hybridized carbons (Fsp3) is 0.688. The third-order valence-corrected chi connectivity index (χ3v) is 4.17. The van der Waals surface area contributed by atoms with E-state index < -0.39 is 5.60 Å². The number of anilines is 1. The van der Waals surface area contributed by atoms with Crippen LogP contribution in [0.4, 0.5) is 10.6 Å². The maximum absolute atomic E-state index is 12.5. The molecule has 1 amide bonds. The predicted molar refractivity (Wildman–Crippen MR) is 98.6 cm³/mol. The number of likely N-dealkylation sites (tertiary alicyclic amines) is 1. The Morgan fingerprint density at radius 1 is 1.26 bits per heavy atom. The number of ether oxygens (including phenoxy) is 1. The van der Waals surface area contributed by atoms with Crippen LogP contribution >= 0.6 is 22.6 Å². The van der Waals surface area contributed by atoms with Crippen LogP contribution in [0.2, 0.25) is 0 Å². The molecule has 0 spiro atoms. The minimum Gasteiger partial charge on any atom is -0.443 e. The number of rotatable bonds is 4. The van der Waals surface area contributed by atoms with Gasteiger partial charge in [-0.2, -0.15) is 0 Å². The summed E-state index contributed by atoms with van der Waals surface area (Å²) in [5.41, 5.74) is -0.531. The summed E-state index contributed by atoms with van der Waals surface area (Å²) in [6, 6.07) is 3.66. The van der Waals surface area contributed by atoms with E-state index in [1.54, 1.807) is 4.90 Å². The van der Waals surface area contributed by atoms with Crippen molar-refractivity contribution in [2.75, 3.05) is 31.1 Å². The molecule has 0 aliphatic carbocycles. The first kappa shape index (κ1) is 18.4. The summed E-state index contributed by atoms with van der Waals surface area (Å²) in [5.74, 6) is 0.539. The molecule has 0 saturated carbocycles. The van der Waals surface area contributed by atoms with Crippen molar-refractivity contribution in [1.82, 2.24) is 15.1 Å². The van der Waals surface area contributed by atoms with E-state index in [1.165, 1.54) is 19.3 Å². The summed E-state index contributed by atoms with van der Waals surface area (Å²) >= 11 is 2.10. The summed E-state index contributed by atoms with van der Waals surface area (Å²) in [7, 11) is 0. The van der Waals surface area contributed by atoms with E-state index in [9.17, 15) is 4.79 Å². The van der Waals surface area contributed by atoms with Gasteiger partial charge in [-0.15, -0.1) is 10.2 Å². The third kappa shape index (κ3) is 6.21. The third-order valence-electron chi connectivity index (χ3n) is 3.60. The van der Waals surface area contributed by atoms with Crippen molar-refractivity contribution < 1.29 is 9.53 Å². The number of carbonyl (C=O) groups is 1. The quantitative estimate of drug-likeness (QED) is 0.684. The zero-order chi connectivity index (χ0) is 16.9. The largest absolute Gasteiger partial charge is 0.443 e. The lowest BCUT2D eigenvalue weighted by Gasteiger charge is -2.30. The second-order valence-corrected chi connectivity index (χ2v) is 7.85. The zero-order valence-electron chi connectivity index (χ0n) is 14.1. The van der Waals surface area contributed by atoms with Crippen LogP contribution in [0.1, 0.15) is 40.0 Å². The van der Waals surface area contributed by atoms with Crippen LogP contribution in [0.15, 0.2) is 12.1 Å². The van der Waals surface area contributed by atoms with Crippen LogP contribution in [0.3, 0.4) is 0 Å². The molecule has 0 unspecified atom stereocenters. The van der Waals surface area contributed by atoms with Crippen molar-refractivity contribution >= 4 is 34.5 Å². The lowest BCUT2D eigenvalue weighted by molar-refractivity contribution is 0.0574. The lowest BCUT2D eigenvalue weighted by Crippen LogP contribution is -2.43. The fourth-order valence-electron chi connectivity index (χ4n) is 2.49. The molecule has 1 fully saturated rings.